The molecule has 0 saturated carbocycles. The number of nitrogens with one attached hydrogen (secondary N) is 1. The van der Waals surface area contributed by atoms with Crippen molar-refractivity contribution in [2.24, 2.45) is 5.41 Å². The van der Waals surface area contributed by atoms with Crippen LogP contribution < -0.4 is 4.98 Å². The molecule has 0 spiro atoms. The fourth-order valence-electron chi connectivity index (χ4n) is 1.60. The molecule has 19 heavy (non-hydrogen) atoms. The van der Waals surface area contributed by atoms with Crippen LogP contribution in [0.1, 0.15) is 26.3 Å². The van der Waals surface area contributed by atoms with Gasteiger partial charge in [-0.15, -0.1) is 0 Å². The number of hydrogen-bond donors (Lipinski definition) is 1. The van der Waals surface area contributed by atoms with Crippen LogP contribution in [0.15, 0.2) is 36.0 Å². The highest BCUT2D eigenvalue weighted by Gasteiger charge is 2.29. The smallest absolute Gasteiger partial charge is 0.225 e. The Balaban J connectivity index is 3.08. The Morgan fingerprint density at radius 3 is 2.05 bits per heavy atom. The minimum atomic E-state index is -1.59. The van der Waals surface area contributed by atoms with E-state index >= 15 is 0 Å². The number of benzene rings is 1. The molecule has 1 N–H and O–H groups in total. The van der Waals surface area contributed by atoms with Gasteiger partial charge in [0.05, 0.1) is 0 Å². The van der Waals surface area contributed by atoms with Gasteiger partial charge in [-0.3, -0.25) is 0 Å². The number of rotatable bonds is 4. The summed E-state index contributed by atoms with van der Waals surface area (Å²) in [7, 11) is 2.72. The highest BCUT2D eigenvalue weighted by atomic mass is 28.3. The van der Waals surface area contributed by atoms with Crippen molar-refractivity contribution in [2.75, 3.05) is 14.1 Å². The lowest BCUT2D eigenvalue weighted by Gasteiger charge is -2.37. The Kier molecular flexibility index (Phi) is 4.99. The van der Waals surface area contributed by atoms with Crippen molar-refractivity contribution in [3.8, 4) is 0 Å². The van der Waals surface area contributed by atoms with E-state index in [2.05, 4.69) is 93.9 Å². The largest absolute Gasteiger partial charge is 0.402 e. The predicted molar refractivity (Wildman–Crippen MR) is 88.2 cm³/mol. The Morgan fingerprint density at radius 2 is 1.63 bits per heavy atom. The zero-order valence-electron chi connectivity index (χ0n) is 13.4. The molecule has 1 aromatic carbocycles. The average molecular weight is 277 g/mol. The molecule has 0 amide bonds. The molecule has 0 atom stereocenters. The molecule has 0 fully saturated rings. The van der Waals surface area contributed by atoms with Crippen LogP contribution in [0.3, 0.4) is 0 Å². The van der Waals surface area contributed by atoms with Crippen molar-refractivity contribution in [3.63, 3.8) is 0 Å². The van der Waals surface area contributed by atoms with Gasteiger partial charge < -0.3 is 9.55 Å². The molecule has 0 aliphatic carbocycles. The normalized spacial score (nSPS) is 13.8. The monoisotopic (exact) mass is 276 g/mol. The molecule has 0 bridgehead atoms. The van der Waals surface area contributed by atoms with E-state index in [1.54, 1.807) is 0 Å². The molecule has 0 saturated heterocycles. The summed E-state index contributed by atoms with van der Waals surface area (Å²) in [6, 6.07) is 10.5. The first-order valence-electron chi connectivity index (χ1n) is 6.86. The lowest BCUT2D eigenvalue weighted by atomic mass is 9.91. The van der Waals surface area contributed by atoms with Crippen LogP contribution in [-0.4, -0.2) is 27.1 Å². The summed E-state index contributed by atoms with van der Waals surface area (Å²) < 4.78 is 2.33. The quantitative estimate of drug-likeness (QED) is 0.838. The highest BCUT2D eigenvalue weighted by Crippen LogP contribution is 2.26. The van der Waals surface area contributed by atoms with Crippen molar-refractivity contribution in [1.29, 1.82) is 0 Å². The second kappa shape index (κ2) is 5.93. The second-order valence-corrected chi connectivity index (χ2v) is 11.1. The van der Waals surface area contributed by atoms with Gasteiger partial charge in [0.1, 0.15) is 0 Å². The standard InChI is InChI=1S/C16H28N2Si/c1-16(2,3)15(17-19(6,7)18(4)5)13-14-11-9-8-10-12-14/h8-13,17H,1-7H3. The molecule has 0 heterocycles. The van der Waals surface area contributed by atoms with E-state index in [-0.39, 0.29) is 5.41 Å². The van der Waals surface area contributed by atoms with Gasteiger partial charge in [0, 0.05) is 11.1 Å². The molecule has 0 aliphatic rings. The van der Waals surface area contributed by atoms with Crippen LogP contribution in [0.25, 0.3) is 6.08 Å². The highest BCUT2D eigenvalue weighted by molar-refractivity contribution is 6.72. The van der Waals surface area contributed by atoms with Crippen LogP contribution >= 0.6 is 0 Å². The first kappa shape index (κ1) is 16.0. The Hall–Kier alpha value is -1.06. The second-order valence-electron chi connectivity index (χ2n) is 6.80. The van der Waals surface area contributed by atoms with E-state index < -0.39 is 8.40 Å². The SMILES string of the molecule is CN(C)[Si](C)(C)NC(=Cc1ccccc1)C(C)(C)C. The average Bonchev–Trinajstić information content (AvgIpc) is 2.28. The van der Waals surface area contributed by atoms with Crippen LogP contribution in [0.4, 0.5) is 0 Å². The molecular weight excluding hydrogens is 248 g/mol. The number of nitrogens with zero attached hydrogens (tertiary/aromatic N) is 1. The maximum atomic E-state index is 3.81. The van der Waals surface area contributed by atoms with Gasteiger partial charge in [-0.2, -0.15) is 0 Å². The summed E-state index contributed by atoms with van der Waals surface area (Å²) in [5.41, 5.74) is 2.68. The van der Waals surface area contributed by atoms with Gasteiger partial charge in [-0.05, 0) is 38.8 Å². The van der Waals surface area contributed by atoms with Gasteiger partial charge in [0.15, 0.2) is 0 Å². The van der Waals surface area contributed by atoms with Crippen LogP contribution in [-0.2, 0) is 0 Å². The molecule has 0 unspecified atom stereocenters. The first-order valence-corrected chi connectivity index (χ1v) is 9.80. The Bertz CT molecular complexity index is 428. The van der Waals surface area contributed by atoms with E-state index in [1.807, 2.05) is 0 Å². The Morgan fingerprint density at radius 1 is 1.11 bits per heavy atom. The van der Waals surface area contributed by atoms with Crippen molar-refractivity contribution >= 4 is 14.5 Å². The van der Waals surface area contributed by atoms with Crippen molar-refractivity contribution < 1.29 is 0 Å². The lowest BCUT2D eigenvalue weighted by molar-refractivity contribution is 0.478. The van der Waals surface area contributed by atoms with Crippen molar-refractivity contribution in [3.05, 3.63) is 41.6 Å². The van der Waals surface area contributed by atoms with E-state index in [0.29, 0.717) is 0 Å². The summed E-state index contributed by atoms with van der Waals surface area (Å²) in [6.07, 6.45) is 2.28. The number of allylic oxidation sites excluding steroid dienone is 1. The molecule has 1 aromatic rings. The van der Waals surface area contributed by atoms with Crippen LogP contribution in [0, 0.1) is 5.41 Å². The van der Waals surface area contributed by atoms with Gasteiger partial charge in [0.2, 0.25) is 8.40 Å². The predicted octanol–water partition coefficient (Wildman–Crippen LogP) is 3.93. The summed E-state index contributed by atoms with van der Waals surface area (Å²) in [4.78, 5) is 3.81. The van der Waals surface area contributed by atoms with E-state index in [0.717, 1.165) is 0 Å². The lowest BCUT2D eigenvalue weighted by Crippen LogP contribution is -2.57. The van der Waals surface area contributed by atoms with E-state index in [9.17, 15) is 0 Å². The zero-order valence-corrected chi connectivity index (χ0v) is 14.4. The van der Waals surface area contributed by atoms with E-state index in [1.165, 1.54) is 11.3 Å². The van der Waals surface area contributed by atoms with Crippen molar-refractivity contribution in [1.82, 2.24) is 9.55 Å². The third-order valence-electron chi connectivity index (χ3n) is 3.48. The fraction of sp³-hybridized carbons (Fsp3) is 0.500. The van der Waals surface area contributed by atoms with Gasteiger partial charge >= 0.3 is 0 Å². The first-order chi connectivity index (χ1) is 8.63. The van der Waals surface area contributed by atoms with Crippen molar-refractivity contribution in [2.45, 2.75) is 33.9 Å². The molecule has 3 heteroatoms. The third-order valence-corrected chi connectivity index (χ3v) is 6.59. The summed E-state index contributed by atoms with van der Waals surface area (Å²) in [5.74, 6) is 0. The topological polar surface area (TPSA) is 15.3 Å². The molecule has 0 aliphatic heterocycles. The minimum absolute atomic E-state index is 0.121. The molecule has 0 aromatic heterocycles. The minimum Gasteiger partial charge on any atom is -0.402 e. The molecule has 1 rings (SSSR count). The van der Waals surface area contributed by atoms with Gasteiger partial charge in [0.25, 0.3) is 0 Å². The zero-order chi connectivity index (χ0) is 14.7. The molecule has 0 radical (unpaired) electrons. The van der Waals surface area contributed by atoms with Gasteiger partial charge in [-0.25, -0.2) is 0 Å². The molecular formula is C16H28N2Si. The van der Waals surface area contributed by atoms with Crippen LogP contribution in [0.5, 0.6) is 0 Å². The maximum Gasteiger partial charge on any atom is 0.225 e. The molecule has 2 nitrogen and oxygen atoms in total. The maximum absolute atomic E-state index is 3.81. The summed E-state index contributed by atoms with van der Waals surface area (Å²) >= 11 is 0. The summed E-state index contributed by atoms with van der Waals surface area (Å²) in [6.45, 7) is 11.4. The third kappa shape index (κ3) is 4.84. The summed E-state index contributed by atoms with van der Waals surface area (Å²) in [5, 5.41) is 0. The van der Waals surface area contributed by atoms with Gasteiger partial charge in [-0.1, -0.05) is 51.1 Å². The fourth-order valence-corrected chi connectivity index (χ4v) is 2.93. The van der Waals surface area contributed by atoms with E-state index in [4.69, 9.17) is 0 Å². The number of hydrogen-bond acceptors (Lipinski definition) is 2. The van der Waals surface area contributed by atoms with Crippen LogP contribution in [0.2, 0.25) is 13.1 Å². The molecule has 106 valence electrons. The Labute approximate surface area is 119 Å².